The number of piperazine rings is 1. The Hall–Kier alpha value is -0.300. The fourth-order valence-electron chi connectivity index (χ4n) is 2.19. The largest absolute Gasteiger partial charge is 0.379 e. The number of nitrogens with zero attached hydrogens (tertiary/aromatic N) is 2. The summed E-state index contributed by atoms with van der Waals surface area (Å²) in [6, 6.07) is 0. The molecule has 0 radical (unpaired) electrons. The van der Waals surface area contributed by atoms with Gasteiger partial charge in [0.25, 0.3) is 0 Å². The van der Waals surface area contributed by atoms with E-state index in [-0.39, 0.29) is 12.0 Å². The van der Waals surface area contributed by atoms with Crippen LogP contribution in [0.15, 0.2) is 0 Å². The zero-order chi connectivity index (χ0) is 14.8. The maximum atomic E-state index is 11.8. The van der Waals surface area contributed by atoms with Crippen molar-refractivity contribution in [3.05, 3.63) is 0 Å². The van der Waals surface area contributed by atoms with Crippen LogP contribution in [0, 0.1) is 0 Å². The van der Waals surface area contributed by atoms with Crippen LogP contribution in [-0.4, -0.2) is 80.0 Å². The summed E-state index contributed by atoms with van der Waals surface area (Å²) in [5.41, 5.74) is 0. The first kappa shape index (κ1) is 17.8. The molecular formula is C14H29N3O2S. The molecule has 0 bridgehead atoms. The van der Waals surface area contributed by atoms with Crippen LogP contribution in [0.25, 0.3) is 0 Å². The fraction of sp³-hybridized carbons (Fsp3) is 0.929. The smallest absolute Gasteiger partial charge is 0.234 e. The van der Waals surface area contributed by atoms with Crippen LogP contribution in [-0.2, 0) is 9.53 Å². The lowest BCUT2D eigenvalue weighted by atomic mass is 10.3. The summed E-state index contributed by atoms with van der Waals surface area (Å²) in [4.78, 5) is 16.4. The van der Waals surface area contributed by atoms with Crippen LogP contribution < -0.4 is 5.32 Å². The van der Waals surface area contributed by atoms with Crippen molar-refractivity contribution in [2.45, 2.75) is 26.4 Å². The van der Waals surface area contributed by atoms with Gasteiger partial charge in [-0.15, -0.1) is 0 Å². The lowest BCUT2D eigenvalue weighted by molar-refractivity contribution is -0.122. The van der Waals surface area contributed by atoms with Crippen molar-refractivity contribution in [1.29, 1.82) is 0 Å². The number of rotatable bonds is 9. The lowest BCUT2D eigenvalue weighted by Gasteiger charge is -2.33. The Bertz CT molecular complexity index is 269. The van der Waals surface area contributed by atoms with Crippen LogP contribution in [0.4, 0.5) is 0 Å². The number of carbonyl (C=O) groups excluding carboxylic acids is 1. The number of nitrogens with one attached hydrogen (secondary N) is 1. The topological polar surface area (TPSA) is 44.8 Å². The van der Waals surface area contributed by atoms with Crippen molar-refractivity contribution < 1.29 is 9.53 Å². The highest BCUT2D eigenvalue weighted by atomic mass is 32.1. The highest BCUT2D eigenvalue weighted by molar-refractivity contribution is 7.80. The average molecular weight is 303 g/mol. The molecule has 1 fully saturated rings. The quantitative estimate of drug-likeness (QED) is 0.480. The number of amides is 1. The molecule has 0 unspecified atom stereocenters. The van der Waals surface area contributed by atoms with Gasteiger partial charge in [0.05, 0.1) is 12.6 Å². The first-order chi connectivity index (χ1) is 9.61. The average Bonchev–Trinajstić information content (AvgIpc) is 2.40. The molecule has 0 saturated carbocycles. The minimum Gasteiger partial charge on any atom is -0.379 e. The third-order valence-corrected chi connectivity index (χ3v) is 3.54. The van der Waals surface area contributed by atoms with Crippen LogP contribution in [0.2, 0.25) is 0 Å². The molecule has 1 aliphatic rings. The number of thiol groups is 1. The molecule has 0 atom stereocenters. The molecule has 0 aromatic rings. The van der Waals surface area contributed by atoms with Gasteiger partial charge in [0.1, 0.15) is 0 Å². The molecule has 1 rings (SSSR count). The zero-order valence-corrected chi connectivity index (χ0v) is 13.7. The first-order valence-corrected chi connectivity index (χ1v) is 8.19. The highest BCUT2D eigenvalue weighted by Crippen LogP contribution is 2.01. The van der Waals surface area contributed by atoms with Crippen LogP contribution in [0.1, 0.15) is 20.3 Å². The second kappa shape index (κ2) is 10.4. The van der Waals surface area contributed by atoms with Crippen LogP contribution >= 0.6 is 12.6 Å². The molecule has 1 heterocycles. The molecule has 118 valence electrons. The van der Waals surface area contributed by atoms with Gasteiger partial charge >= 0.3 is 0 Å². The lowest BCUT2D eigenvalue weighted by Crippen LogP contribution is -2.49. The van der Waals surface area contributed by atoms with Gasteiger partial charge in [0.2, 0.25) is 5.91 Å². The zero-order valence-electron chi connectivity index (χ0n) is 12.8. The maximum Gasteiger partial charge on any atom is 0.234 e. The van der Waals surface area contributed by atoms with Crippen molar-refractivity contribution >= 4 is 18.5 Å². The second-order valence-electron chi connectivity index (χ2n) is 5.46. The Morgan fingerprint density at radius 1 is 1.25 bits per heavy atom. The molecule has 0 spiro atoms. The van der Waals surface area contributed by atoms with Crippen molar-refractivity contribution in [1.82, 2.24) is 15.1 Å². The molecule has 0 aromatic carbocycles. The predicted molar refractivity (Wildman–Crippen MR) is 85.4 cm³/mol. The molecule has 6 heteroatoms. The summed E-state index contributed by atoms with van der Waals surface area (Å²) in [5.74, 6) is 1.02. The van der Waals surface area contributed by atoms with Crippen LogP contribution in [0.5, 0.6) is 0 Å². The predicted octanol–water partition coefficient (Wildman–Crippen LogP) is 0.465. The van der Waals surface area contributed by atoms with E-state index in [1.54, 1.807) is 0 Å². The molecule has 5 nitrogen and oxygen atoms in total. The highest BCUT2D eigenvalue weighted by Gasteiger charge is 2.17. The summed E-state index contributed by atoms with van der Waals surface area (Å²) in [7, 11) is 0. The van der Waals surface area contributed by atoms with Crippen molar-refractivity contribution in [2.24, 2.45) is 0 Å². The summed E-state index contributed by atoms with van der Waals surface area (Å²) in [6.45, 7) is 11.0. The third kappa shape index (κ3) is 8.09. The summed E-state index contributed by atoms with van der Waals surface area (Å²) in [6.07, 6.45) is 1.14. The fourth-order valence-corrected chi connectivity index (χ4v) is 2.47. The molecule has 1 N–H and O–H groups in total. The van der Waals surface area contributed by atoms with E-state index in [4.69, 9.17) is 4.74 Å². The minimum atomic E-state index is 0.122. The molecule has 0 aromatic heterocycles. The van der Waals surface area contributed by atoms with Gasteiger partial charge in [-0.3, -0.25) is 14.6 Å². The Balaban J connectivity index is 2.02. The summed E-state index contributed by atoms with van der Waals surface area (Å²) in [5, 5.41) is 2.95. The van der Waals surface area contributed by atoms with E-state index in [1.807, 2.05) is 13.8 Å². The Morgan fingerprint density at radius 2 is 1.90 bits per heavy atom. The van der Waals surface area contributed by atoms with E-state index in [1.165, 1.54) is 0 Å². The van der Waals surface area contributed by atoms with Crippen LogP contribution in [0.3, 0.4) is 0 Å². The molecule has 20 heavy (non-hydrogen) atoms. The third-order valence-electron chi connectivity index (χ3n) is 3.34. The maximum absolute atomic E-state index is 11.8. The van der Waals surface area contributed by atoms with Gasteiger partial charge in [-0.05, 0) is 20.3 Å². The minimum absolute atomic E-state index is 0.122. The standard InChI is InChI=1S/C14H29N3O2S/c1-13(2)19-10-3-4-15-14(18)12-17-7-5-16(6-8-17)9-11-20/h13,20H,3-12H2,1-2H3,(H,15,18). The molecule has 1 aliphatic heterocycles. The van der Waals surface area contributed by atoms with E-state index in [0.29, 0.717) is 19.7 Å². The Morgan fingerprint density at radius 3 is 2.50 bits per heavy atom. The van der Waals surface area contributed by atoms with Gasteiger partial charge in [0.15, 0.2) is 0 Å². The van der Waals surface area contributed by atoms with Gasteiger partial charge in [-0.25, -0.2) is 0 Å². The molecule has 1 amide bonds. The normalized spacial score (nSPS) is 17.6. The van der Waals surface area contributed by atoms with E-state index in [2.05, 4.69) is 27.7 Å². The number of hydrogen-bond acceptors (Lipinski definition) is 5. The van der Waals surface area contributed by atoms with Gasteiger partial charge in [-0.1, -0.05) is 0 Å². The number of carbonyl (C=O) groups is 1. The van der Waals surface area contributed by atoms with E-state index < -0.39 is 0 Å². The van der Waals surface area contributed by atoms with Gasteiger partial charge < -0.3 is 10.1 Å². The van der Waals surface area contributed by atoms with Gasteiger partial charge in [0, 0.05) is 51.6 Å². The van der Waals surface area contributed by atoms with E-state index in [0.717, 1.165) is 44.9 Å². The molecule has 1 saturated heterocycles. The number of ether oxygens (including phenoxy) is 1. The molecule has 0 aliphatic carbocycles. The Kier molecular flexibility index (Phi) is 9.26. The molecular weight excluding hydrogens is 274 g/mol. The number of hydrogen-bond donors (Lipinski definition) is 2. The van der Waals surface area contributed by atoms with Crippen molar-refractivity contribution in [2.75, 3.05) is 58.2 Å². The summed E-state index contributed by atoms with van der Waals surface area (Å²) < 4.78 is 5.43. The summed E-state index contributed by atoms with van der Waals surface area (Å²) >= 11 is 4.25. The van der Waals surface area contributed by atoms with E-state index in [9.17, 15) is 4.79 Å². The Labute approximate surface area is 128 Å². The second-order valence-corrected chi connectivity index (χ2v) is 5.91. The van der Waals surface area contributed by atoms with Crippen molar-refractivity contribution in [3.63, 3.8) is 0 Å². The van der Waals surface area contributed by atoms with Gasteiger partial charge in [-0.2, -0.15) is 12.6 Å². The van der Waals surface area contributed by atoms with E-state index >= 15 is 0 Å². The SMILES string of the molecule is CC(C)OCCCNC(=O)CN1CCN(CCS)CC1. The first-order valence-electron chi connectivity index (χ1n) is 7.55. The monoisotopic (exact) mass is 303 g/mol. The van der Waals surface area contributed by atoms with Crippen molar-refractivity contribution in [3.8, 4) is 0 Å².